The first kappa shape index (κ1) is 21.5. The van der Waals surface area contributed by atoms with Gasteiger partial charge in [-0.3, -0.25) is 9.59 Å². The summed E-state index contributed by atoms with van der Waals surface area (Å²) in [5.41, 5.74) is 2.45. The van der Waals surface area contributed by atoms with Gasteiger partial charge in [0.05, 0.1) is 17.2 Å². The van der Waals surface area contributed by atoms with Crippen LogP contribution in [0.2, 0.25) is 0 Å². The zero-order chi connectivity index (χ0) is 19.9. The molecule has 0 radical (unpaired) electrons. The lowest BCUT2D eigenvalue weighted by Gasteiger charge is -2.14. The maximum atomic E-state index is 12.3. The summed E-state index contributed by atoms with van der Waals surface area (Å²) in [5, 5.41) is 11.8. The molecule has 1 amide bonds. The van der Waals surface area contributed by atoms with Crippen molar-refractivity contribution in [2.24, 2.45) is 5.41 Å². The van der Waals surface area contributed by atoms with Gasteiger partial charge < -0.3 is 5.32 Å². The van der Waals surface area contributed by atoms with E-state index in [1.54, 1.807) is 57.2 Å². The van der Waals surface area contributed by atoms with Crippen LogP contribution in [0.5, 0.6) is 0 Å². The van der Waals surface area contributed by atoms with Crippen molar-refractivity contribution in [3.8, 4) is 6.07 Å². The second kappa shape index (κ2) is 9.21. The summed E-state index contributed by atoms with van der Waals surface area (Å²) in [4.78, 5) is 24.2. The second-order valence-electron chi connectivity index (χ2n) is 6.54. The first-order valence-corrected chi connectivity index (χ1v) is 8.77. The summed E-state index contributed by atoms with van der Waals surface area (Å²) in [6, 6.07) is 7.38. The van der Waals surface area contributed by atoms with Crippen LogP contribution in [0, 0.1) is 23.7 Å². The third kappa shape index (κ3) is 5.75. The van der Waals surface area contributed by atoms with Crippen LogP contribution in [0.15, 0.2) is 54.2 Å². The number of rotatable bonds is 7. The molecule has 1 aromatic carbocycles. The van der Waals surface area contributed by atoms with Crippen molar-refractivity contribution in [3.05, 3.63) is 65.3 Å². The molecular formula is C21H24N2O2S. The molecule has 136 valence electrons. The van der Waals surface area contributed by atoms with E-state index in [4.69, 9.17) is 5.26 Å². The molecule has 5 heteroatoms. The smallest absolute Gasteiger partial charge is 0.251 e. The molecule has 0 atom stereocenters. The summed E-state index contributed by atoms with van der Waals surface area (Å²) in [6.07, 6.45) is 5.07. The summed E-state index contributed by atoms with van der Waals surface area (Å²) in [5.74, 6) is -0.242. The predicted octanol–water partition coefficient (Wildman–Crippen LogP) is 4.65. The molecule has 0 unspecified atom stereocenters. The molecular weight excluding hydrogens is 344 g/mol. The van der Waals surface area contributed by atoms with Crippen LogP contribution >= 0.6 is 12.6 Å². The molecule has 1 aromatic rings. The molecule has 4 nitrogen and oxygen atoms in total. The van der Waals surface area contributed by atoms with E-state index in [2.05, 4.69) is 30.6 Å². The first-order chi connectivity index (χ1) is 12.1. The van der Waals surface area contributed by atoms with Crippen molar-refractivity contribution in [2.75, 3.05) is 11.1 Å². The summed E-state index contributed by atoms with van der Waals surface area (Å²) < 4.78 is 0. The quantitative estimate of drug-likeness (QED) is 0.318. The molecule has 1 N–H and O–H groups in total. The lowest BCUT2D eigenvalue weighted by Crippen LogP contribution is -2.13. The number of nitrogens with one attached hydrogen (secondary N) is 1. The van der Waals surface area contributed by atoms with Crippen molar-refractivity contribution in [2.45, 2.75) is 27.7 Å². The molecule has 1 rings (SSSR count). The van der Waals surface area contributed by atoms with E-state index < -0.39 is 5.41 Å². The van der Waals surface area contributed by atoms with Crippen molar-refractivity contribution >= 4 is 30.0 Å². The number of benzene rings is 1. The standard InChI is InChI=1S/C21H24N2O2S/c1-14-9-10-17(11-18(14)19(24)12-26)23-20(25)15(2)7-6-8-16(3)21(4,5)13-22/h6-11,26H,3,12H2,1-2,4-5H3,(H,23,25)/b8-6-,15-7+. The van der Waals surface area contributed by atoms with E-state index in [1.807, 2.05) is 6.92 Å². The topological polar surface area (TPSA) is 70.0 Å². The minimum atomic E-state index is -0.654. The molecule has 0 aromatic heterocycles. The van der Waals surface area contributed by atoms with Gasteiger partial charge in [0.2, 0.25) is 0 Å². The lowest BCUT2D eigenvalue weighted by atomic mass is 9.87. The van der Waals surface area contributed by atoms with Gasteiger partial charge >= 0.3 is 0 Å². The number of nitrogens with zero attached hydrogens (tertiary/aromatic N) is 1. The zero-order valence-corrected chi connectivity index (χ0v) is 16.5. The molecule has 0 aliphatic rings. The molecule has 0 saturated carbocycles. The molecule has 26 heavy (non-hydrogen) atoms. The minimum Gasteiger partial charge on any atom is -0.322 e. The first-order valence-electron chi connectivity index (χ1n) is 8.14. The van der Waals surface area contributed by atoms with Gasteiger partial charge in [0.25, 0.3) is 5.91 Å². The van der Waals surface area contributed by atoms with E-state index in [0.717, 1.165) is 5.56 Å². The van der Waals surface area contributed by atoms with Crippen LogP contribution in [-0.4, -0.2) is 17.4 Å². The molecule has 0 fully saturated rings. The number of ketones is 1. The Labute approximate surface area is 160 Å². The van der Waals surface area contributed by atoms with Crippen molar-refractivity contribution in [3.63, 3.8) is 0 Å². The van der Waals surface area contributed by atoms with E-state index in [0.29, 0.717) is 22.4 Å². The highest BCUT2D eigenvalue weighted by molar-refractivity contribution is 7.81. The monoisotopic (exact) mass is 368 g/mol. The van der Waals surface area contributed by atoms with Gasteiger partial charge in [0, 0.05) is 16.8 Å². The van der Waals surface area contributed by atoms with Crippen LogP contribution < -0.4 is 5.32 Å². The van der Waals surface area contributed by atoms with Crippen LogP contribution in [0.1, 0.15) is 36.7 Å². The fourth-order valence-electron chi connectivity index (χ4n) is 1.98. The number of aryl methyl sites for hydroxylation is 1. The number of hydrogen-bond donors (Lipinski definition) is 2. The van der Waals surface area contributed by atoms with Gasteiger partial charge in [0.15, 0.2) is 5.78 Å². The van der Waals surface area contributed by atoms with Crippen LogP contribution in [-0.2, 0) is 4.79 Å². The van der Waals surface area contributed by atoms with Crippen molar-refractivity contribution in [1.29, 1.82) is 5.26 Å². The molecule has 0 spiro atoms. The van der Waals surface area contributed by atoms with E-state index >= 15 is 0 Å². The SMILES string of the molecule is C=C(/C=C\C=C(/C)C(=O)Nc1ccc(C)c(C(=O)CS)c1)C(C)(C)C#N. The fraction of sp³-hybridized carbons (Fsp3) is 0.286. The number of amides is 1. The Bertz CT molecular complexity index is 827. The van der Waals surface area contributed by atoms with E-state index in [9.17, 15) is 9.59 Å². The Morgan fingerprint density at radius 2 is 2.04 bits per heavy atom. The number of nitriles is 1. The average molecular weight is 369 g/mol. The Morgan fingerprint density at radius 3 is 2.62 bits per heavy atom. The number of thiol groups is 1. The summed E-state index contributed by atoms with van der Waals surface area (Å²) >= 11 is 4.01. The highest BCUT2D eigenvalue weighted by Gasteiger charge is 2.18. The molecule has 0 bridgehead atoms. The summed E-state index contributed by atoms with van der Waals surface area (Å²) in [6.45, 7) is 11.0. The third-order valence-electron chi connectivity index (χ3n) is 4.02. The minimum absolute atomic E-state index is 0.0873. The third-order valence-corrected chi connectivity index (χ3v) is 4.31. The number of carbonyl (C=O) groups is 2. The fourth-order valence-corrected chi connectivity index (χ4v) is 2.15. The second-order valence-corrected chi connectivity index (χ2v) is 6.85. The van der Waals surface area contributed by atoms with E-state index in [-0.39, 0.29) is 17.4 Å². The van der Waals surface area contributed by atoms with Gasteiger partial charge in [-0.25, -0.2) is 0 Å². The Hall–Kier alpha value is -2.58. The van der Waals surface area contributed by atoms with Crippen LogP contribution in [0.4, 0.5) is 5.69 Å². The Kier molecular flexibility index (Phi) is 7.60. The van der Waals surface area contributed by atoms with Gasteiger partial charge in [-0.15, -0.1) is 0 Å². The highest BCUT2D eigenvalue weighted by Crippen LogP contribution is 2.24. The van der Waals surface area contributed by atoms with Crippen LogP contribution in [0.3, 0.4) is 0 Å². The number of Topliss-reactive ketones (excluding diaryl/α,β-unsaturated/α-hetero) is 1. The lowest BCUT2D eigenvalue weighted by molar-refractivity contribution is -0.112. The van der Waals surface area contributed by atoms with E-state index in [1.165, 1.54) is 0 Å². The Morgan fingerprint density at radius 1 is 1.38 bits per heavy atom. The van der Waals surface area contributed by atoms with Crippen LogP contribution in [0.25, 0.3) is 0 Å². The summed E-state index contributed by atoms with van der Waals surface area (Å²) in [7, 11) is 0. The maximum absolute atomic E-state index is 12.3. The molecule has 0 heterocycles. The molecule has 0 aliphatic heterocycles. The van der Waals surface area contributed by atoms with Gasteiger partial charge in [0.1, 0.15) is 0 Å². The number of hydrogen-bond acceptors (Lipinski definition) is 4. The van der Waals surface area contributed by atoms with Crippen molar-refractivity contribution in [1.82, 2.24) is 0 Å². The normalized spacial score (nSPS) is 11.9. The highest BCUT2D eigenvalue weighted by atomic mass is 32.1. The van der Waals surface area contributed by atoms with Crippen molar-refractivity contribution < 1.29 is 9.59 Å². The largest absolute Gasteiger partial charge is 0.322 e. The maximum Gasteiger partial charge on any atom is 0.251 e. The van der Waals surface area contributed by atoms with Gasteiger partial charge in [-0.2, -0.15) is 17.9 Å². The molecule has 0 saturated heterocycles. The number of anilines is 1. The Balaban J connectivity index is 2.86. The number of allylic oxidation sites excluding steroid dienone is 4. The number of carbonyl (C=O) groups excluding carboxylic acids is 2. The van der Waals surface area contributed by atoms with Gasteiger partial charge in [-0.05, 0) is 51.0 Å². The van der Waals surface area contributed by atoms with Gasteiger partial charge in [-0.1, -0.05) is 30.9 Å². The zero-order valence-electron chi connectivity index (χ0n) is 15.6. The predicted molar refractivity (Wildman–Crippen MR) is 109 cm³/mol. The molecule has 0 aliphatic carbocycles. The average Bonchev–Trinajstić information content (AvgIpc) is 2.62.